The minimum absolute atomic E-state index is 0. The zero-order chi connectivity index (χ0) is 16.4. The molecule has 1 aliphatic rings. The van der Waals surface area contributed by atoms with Crippen molar-refractivity contribution in [1.82, 2.24) is 4.72 Å². The van der Waals surface area contributed by atoms with Crippen LogP contribution in [0.3, 0.4) is 0 Å². The van der Waals surface area contributed by atoms with Crippen LogP contribution in [-0.4, -0.2) is 83.8 Å². The van der Waals surface area contributed by atoms with E-state index >= 15 is 0 Å². The second kappa shape index (κ2) is 7.96. The number of para-hydroxylation sites is 1. The molecule has 2 N–H and O–H groups in total. The van der Waals surface area contributed by atoms with Gasteiger partial charge in [-0.25, -0.2) is 0 Å². The van der Waals surface area contributed by atoms with Gasteiger partial charge in [-0.3, -0.25) is 4.31 Å². The number of hydrogen-bond acceptors (Lipinski definition) is 5. The van der Waals surface area contributed by atoms with E-state index in [0.29, 0.717) is 17.8 Å². The second-order valence-electron chi connectivity index (χ2n) is 4.96. The Morgan fingerprint density at radius 3 is 2.46 bits per heavy atom. The summed E-state index contributed by atoms with van der Waals surface area (Å²) < 4.78 is 32.7. The summed E-state index contributed by atoms with van der Waals surface area (Å²) in [6.45, 7) is -0.0711. The van der Waals surface area contributed by atoms with Crippen molar-refractivity contribution >= 4 is 73.6 Å². The molecule has 0 bridgehead atoms. The molecular formula is C15H15KN2O5S. The number of carbonyl (C=O) groups is 1. The first-order valence-electron chi connectivity index (χ1n) is 6.81. The topological polar surface area (TPSA) is 95.9 Å². The predicted molar refractivity (Wildman–Crippen MR) is 91.0 cm³/mol. The van der Waals surface area contributed by atoms with E-state index in [0.717, 1.165) is 4.31 Å². The molecule has 1 atom stereocenters. The van der Waals surface area contributed by atoms with Crippen LogP contribution in [0.5, 0.6) is 17.2 Å². The number of aldehydes is 1. The van der Waals surface area contributed by atoms with Gasteiger partial charge in [-0.1, -0.05) is 18.2 Å². The number of nitrogens with one attached hydrogen (secondary N) is 1. The van der Waals surface area contributed by atoms with Crippen LogP contribution in [0.25, 0.3) is 0 Å². The fourth-order valence-electron chi connectivity index (χ4n) is 2.27. The number of phenolic OH excluding ortho intramolecular Hbond substituents is 1. The summed E-state index contributed by atoms with van der Waals surface area (Å²) in [5.41, 5.74) is 0.0854. The summed E-state index contributed by atoms with van der Waals surface area (Å²) in [5, 5.41) is 10.1. The molecular weight excluding hydrogens is 359 g/mol. The first kappa shape index (κ1) is 19.4. The Hall–Kier alpha value is -0.944. The van der Waals surface area contributed by atoms with Gasteiger partial charge in [-0.2, -0.15) is 13.1 Å². The van der Waals surface area contributed by atoms with Gasteiger partial charge in [0.1, 0.15) is 23.5 Å². The third-order valence-electron chi connectivity index (χ3n) is 3.31. The van der Waals surface area contributed by atoms with Gasteiger partial charge in [0.15, 0.2) is 0 Å². The standard InChI is InChI=1S/C15H14N2O5S.K.H/c18-10-11-9-17(23(20,21)16-11)14-7-6-13(8-15(14)19)22-12-4-2-1-3-5-12;;/h1-8,10-11,16,19H,9H2;;. The average Bonchev–Trinajstić information content (AvgIpc) is 2.83. The molecule has 2 aromatic rings. The van der Waals surface area contributed by atoms with Crippen LogP contribution in [0.1, 0.15) is 0 Å². The van der Waals surface area contributed by atoms with Gasteiger partial charge in [0, 0.05) is 6.07 Å². The van der Waals surface area contributed by atoms with Gasteiger partial charge in [0.05, 0.1) is 18.3 Å². The van der Waals surface area contributed by atoms with Crippen LogP contribution in [0.4, 0.5) is 5.69 Å². The van der Waals surface area contributed by atoms with Gasteiger partial charge in [0.25, 0.3) is 0 Å². The first-order chi connectivity index (χ1) is 11.0. The van der Waals surface area contributed by atoms with Gasteiger partial charge >= 0.3 is 61.6 Å². The Balaban J connectivity index is 0.00000208. The molecule has 9 heteroatoms. The van der Waals surface area contributed by atoms with Crippen molar-refractivity contribution in [3.63, 3.8) is 0 Å². The number of benzene rings is 2. The molecule has 0 spiro atoms. The first-order valence-corrected chi connectivity index (χ1v) is 8.25. The molecule has 122 valence electrons. The Bertz CT molecular complexity index is 829. The molecule has 2 aromatic carbocycles. The second-order valence-corrected chi connectivity index (χ2v) is 6.59. The zero-order valence-electron chi connectivity index (χ0n) is 11.9. The van der Waals surface area contributed by atoms with Crippen LogP contribution in [0.15, 0.2) is 48.5 Å². The minimum atomic E-state index is -3.84. The molecule has 0 saturated carbocycles. The maximum absolute atomic E-state index is 12.0. The Morgan fingerprint density at radius 2 is 1.88 bits per heavy atom. The SMILES string of the molecule is O=CC1CN(c2ccc(Oc3ccccc3)cc2O)S(=O)(=O)N1.[KH]. The van der Waals surface area contributed by atoms with Gasteiger partial charge in [-0.15, -0.1) is 0 Å². The van der Waals surface area contributed by atoms with E-state index in [4.69, 9.17) is 4.74 Å². The molecule has 3 rings (SSSR count). The molecule has 1 unspecified atom stereocenters. The van der Waals surface area contributed by atoms with E-state index in [1.54, 1.807) is 18.2 Å². The Kier molecular flexibility index (Phi) is 6.43. The van der Waals surface area contributed by atoms with E-state index in [2.05, 4.69) is 4.72 Å². The number of phenols is 1. The molecule has 1 heterocycles. The van der Waals surface area contributed by atoms with Crippen molar-refractivity contribution in [3.8, 4) is 17.2 Å². The summed E-state index contributed by atoms with van der Waals surface area (Å²) in [6, 6.07) is 12.5. The fourth-order valence-corrected chi connectivity index (χ4v) is 3.68. The summed E-state index contributed by atoms with van der Waals surface area (Å²) in [4.78, 5) is 10.8. The summed E-state index contributed by atoms with van der Waals surface area (Å²) in [7, 11) is -3.84. The molecule has 7 nitrogen and oxygen atoms in total. The molecule has 0 aliphatic carbocycles. The van der Waals surface area contributed by atoms with E-state index in [9.17, 15) is 18.3 Å². The van der Waals surface area contributed by atoms with Crippen molar-refractivity contribution in [3.05, 3.63) is 48.5 Å². The molecule has 1 fully saturated rings. The quantitative estimate of drug-likeness (QED) is 0.608. The monoisotopic (exact) mass is 374 g/mol. The van der Waals surface area contributed by atoms with Gasteiger partial charge in [0.2, 0.25) is 0 Å². The van der Waals surface area contributed by atoms with Crippen molar-refractivity contribution in [1.29, 1.82) is 0 Å². The molecule has 24 heavy (non-hydrogen) atoms. The van der Waals surface area contributed by atoms with E-state index in [-0.39, 0.29) is 69.4 Å². The number of rotatable bonds is 4. The molecule has 1 aliphatic heterocycles. The number of hydrogen-bond donors (Lipinski definition) is 2. The summed E-state index contributed by atoms with van der Waals surface area (Å²) in [5.74, 6) is 0.709. The fraction of sp³-hybridized carbons (Fsp3) is 0.133. The summed E-state index contributed by atoms with van der Waals surface area (Å²) >= 11 is 0. The number of anilines is 1. The van der Waals surface area contributed by atoms with Crippen molar-refractivity contribution in [2.24, 2.45) is 0 Å². The average molecular weight is 374 g/mol. The van der Waals surface area contributed by atoms with E-state index in [1.807, 2.05) is 18.2 Å². The van der Waals surface area contributed by atoms with Crippen LogP contribution in [0.2, 0.25) is 0 Å². The van der Waals surface area contributed by atoms with Crippen LogP contribution >= 0.6 is 0 Å². The third-order valence-corrected chi connectivity index (χ3v) is 4.84. The van der Waals surface area contributed by atoms with Crippen LogP contribution < -0.4 is 13.8 Å². The molecule has 1 saturated heterocycles. The Morgan fingerprint density at radius 1 is 1.17 bits per heavy atom. The number of carbonyl (C=O) groups excluding carboxylic acids is 1. The zero-order valence-corrected chi connectivity index (χ0v) is 12.7. The normalized spacial score (nSPS) is 18.7. The van der Waals surface area contributed by atoms with E-state index < -0.39 is 16.3 Å². The van der Waals surface area contributed by atoms with Crippen LogP contribution in [0, 0.1) is 0 Å². The summed E-state index contributed by atoms with van der Waals surface area (Å²) in [6.07, 6.45) is 0.515. The van der Waals surface area contributed by atoms with Gasteiger partial charge < -0.3 is 14.6 Å². The molecule has 0 amide bonds. The molecule has 0 radical (unpaired) electrons. The van der Waals surface area contributed by atoms with Gasteiger partial charge in [-0.05, 0) is 24.3 Å². The van der Waals surface area contributed by atoms with Crippen molar-refractivity contribution in [2.45, 2.75) is 6.04 Å². The maximum atomic E-state index is 12.0. The Labute approximate surface area is 182 Å². The van der Waals surface area contributed by atoms with E-state index in [1.165, 1.54) is 12.1 Å². The number of ether oxygens (including phenoxy) is 1. The van der Waals surface area contributed by atoms with Crippen LogP contribution in [-0.2, 0) is 15.0 Å². The predicted octanol–water partition coefficient (Wildman–Crippen LogP) is 0.758. The molecule has 0 aromatic heterocycles. The third kappa shape index (κ3) is 4.17. The number of nitrogens with zero attached hydrogens (tertiary/aromatic N) is 1. The number of aromatic hydroxyl groups is 1. The van der Waals surface area contributed by atoms with Crippen molar-refractivity contribution in [2.75, 3.05) is 10.8 Å². The van der Waals surface area contributed by atoms with Crippen molar-refractivity contribution < 1.29 is 23.1 Å².